The molecule has 0 aromatic carbocycles. The molecule has 1 unspecified atom stereocenters. The van der Waals surface area contributed by atoms with Gasteiger partial charge in [-0.3, -0.25) is 0 Å². The van der Waals surface area contributed by atoms with E-state index in [0.717, 1.165) is 19.3 Å². The molecule has 0 aromatic rings. The Hall–Kier alpha value is -0.250. The summed E-state index contributed by atoms with van der Waals surface area (Å²) in [6.07, 6.45) is 4.91. The van der Waals surface area contributed by atoms with Gasteiger partial charge in [0, 0.05) is 13.5 Å². The number of rotatable bonds is 12. The summed E-state index contributed by atoms with van der Waals surface area (Å²) in [6, 6.07) is 0. The van der Waals surface area contributed by atoms with Crippen molar-refractivity contribution >= 4 is 0 Å². The fraction of sp³-hybridized carbons (Fsp3) is 1.00. The van der Waals surface area contributed by atoms with E-state index < -0.39 is 18.2 Å². The Bertz CT molecular complexity index is 222. The molecule has 0 heterocycles. The summed E-state index contributed by atoms with van der Waals surface area (Å²) < 4.78 is 42.5. The maximum atomic E-state index is 12.4. The third-order valence-corrected chi connectivity index (χ3v) is 4.18. The normalized spacial score (nSPS) is 15.3. The van der Waals surface area contributed by atoms with Crippen LogP contribution >= 0.6 is 0 Å². The molecule has 4 heteroatoms. The number of halogens is 3. The van der Waals surface area contributed by atoms with E-state index in [0.29, 0.717) is 6.42 Å². The van der Waals surface area contributed by atoms with Gasteiger partial charge in [-0.2, -0.15) is 13.2 Å². The Morgan fingerprint density at radius 2 is 1.30 bits per heavy atom. The first-order chi connectivity index (χ1) is 9.39. The van der Waals surface area contributed by atoms with Crippen molar-refractivity contribution in [2.75, 3.05) is 7.11 Å². The van der Waals surface area contributed by atoms with E-state index in [4.69, 9.17) is 4.74 Å². The van der Waals surface area contributed by atoms with Crippen molar-refractivity contribution < 1.29 is 17.9 Å². The molecule has 1 atom stereocenters. The molecule has 0 spiro atoms. The van der Waals surface area contributed by atoms with Crippen LogP contribution in [0.3, 0.4) is 0 Å². The van der Waals surface area contributed by atoms with Gasteiger partial charge in [-0.25, -0.2) is 0 Å². The standard InChI is InChI=1S/C16H31F3O/c1-4-6-7-8-9-10-11-12-15(5-2,20-3)13-14-16(17,18)19/h4-14H2,1-3H3. The molecule has 0 aromatic heterocycles. The molecule has 0 N–H and O–H groups in total. The molecule has 0 saturated heterocycles. The van der Waals surface area contributed by atoms with E-state index in [1.54, 1.807) is 7.11 Å². The van der Waals surface area contributed by atoms with Crippen LogP contribution in [0.5, 0.6) is 0 Å². The van der Waals surface area contributed by atoms with Crippen LogP contribution in [0.4, 0.5) is 13.2 Å². The zero-order valence-corrected chi connectivity index (χ0v) is 13.3. The van der Waals surface area contributed by atoms with Crippen molar-refractivity contribution in [2.45, 2.75) is 96.3 Å². The quantitative estimate of drug-likeness (QED) is 0.386. The predicted octanol–water partition coefficient (Wildman–Crippen LogP) is 6.26. The van der Waals surface area contributed by atoms with Gasteiger partial charge >= 0.3 is 6.18 Å². The zero-order chi connectivity index (χ0) is 15.5. The Kier molecular flexibility index (Phi) is 10.3. The van der Waals surface area contributed by atoms with E-state index in [2.05, 4.69) is 6.92 Å². The lowest BCUT2D eigenvalue weighted by Crippen LogP contribution is -2.32. The number of hydrogen-bond acceptors (Lipinski definition) is 1. The van der Waals surface area contributed by atoms with Gasteiger partial charge in [0.05, 0.1) is 5.60 Å². The minimum absolute atomic E-state index is 0.0827. The van der Waals surface area contributed by atoms with Gasteiger partial charge in [-0.15, -0.1) is 0 Å². The minimum Gasteiger partial charge on any atom is -0.378 e. The third-order valence-electron chi connectivity index (χ3n) is 4.18. The van der Waals surface area contributed by atoms with Gasteiger partial charge in [0.15, 0.2) is 0 Å². The summed E-state index contributed by atoms with van der Waals surface area (Å²) in [5, 5.41) is 0. The van der Waals surface area contributed by atoms with Crippen LogP contribution < -0.4 is 0 Å². The molecule has 0 bridgehead atoms. The van der Waals surface area contributed by atoms with Gasteiger partial charge in [0.1, 0.15) is 0 Å². The van der Waals surface area contributed by atoms with E-state index in [-0.39, 0.29) is 6.42 Å². The monoisotopic (exact) mass is 296 g/mol. The van der Waals surface area contributed by atoms with Crippen LogP contribution in [0.2, 0.25) is 0 Å². The molecule has 0 amide bonds. The first-order valence-corrected chi connectivity index (χ1v) is 8.01. The molecule has 1 nitrogen and oxygen atoms in total. The smallest absolute Gasteiger partial charge is 0.378 e. The van der Waals surface area contributed by atoms with E-state index >= 15 is 0 Å². The Labute approximate surface area is 122 Å². The van der Waals surface area contributed by atoms with Crippen molar-refractivity contribution in [3.63, 3.8) is 0 Å². The number of ether oxygens (including phenoxy) is 1. The first-order valence-electron chi connectivity index (χ1n) is 8.01. The number of unbranched alkanes of at least 4 members (excludes halogenated alkanes) is 6. The average molecular weight is 296 g/mol. The lowest BCUT2D eigenvalue weighted by molar-refractivity contribution is -0.151. The van der Waals surface area contributed by atoms with Crippen LogP contribution in [-0.2, 0) is 4.74 Å². The second-order valence-corrected chi connectivity index (χ2v) is 5.73. The van der Waals surface area contributed by atoms with Gasteiger partial charge < -0.3 is 4.74 Å². The number of methoxy groups -OCH3 is 1. The Balaban J connectivity index is 3.94. The molecule has 0 aliphatic rings. The summed E-state index contributed by atoms with van der Waals surface area (Å²) in [4.78, 5) is 0. The fourth-order valence-electron chi connectivity index (χ4n) is 2.60. The molecule has 0 fully saturated rings. The highest BCUT2D eigenvalue weighted by molar-refractivity contribution is 4.80. The van der Waals surface area contributed by atoms with E-state index in [1.165, 1.54) is 32.1 Å². The van der Waals surface area contributed by atoms with Crippen molar-refractivity contribution in [1.29, 1.82) is 0 Å². The molecule has 0 saturated carbocycles. The topological polar surface area (TPSA) is 9.23 Å². The maximum absolute atomic E-state index is 12.4. The summed E-state index contributed by atoms with van der Waals surface area (Å²) in [5.74, 6) is 0. The summed E-state index contributed by atoms with van der Waals surface area (Å²) in [6.45, 7) is 4.11. The summed E-state index contributed by atoms with van der Waals surface area (Å²) in [7, 11) is 1.54. The molecule has 0 aliphatic carbocycles. The molecular formula is C16H31F3O. The second-order valence-electron chi connectivity index (χ2n) is 5.73. The second kappa shape index (κ2) is 10.5. The van der Waals surface area contributed by atoms with Crippen LogP contribution in [0, 0.1) is 0 Å². The first kappa shape index (κ1) is 19.8. The van der Waals surface area contributed by atoms with Crippen molar-refractivity contribution in [1.82, 2.24) is 0 Å². The highest BCUT2D eigenvalue weighted by Crippen LogP contribution is 2.33. The Morgan fingerprint density at radius 1 is 0.750 bits per heavy atom. The molecule has 122 valence electrons. The zero-order valence-electron chi connectivity index (χ0n) is 13.3. The average Bonchev–Trinajstić information content (AvgIpc) is 2.41. The van der Waals surface area contributed by atoms with Gasteiger partial charge in [0.2, 0.25) is 0 Å². The predicted molar refractivity (Wildman–Crippen MR) is 77.9 cm³/mol. The highest BCUT2D eigenvalue weighted by atomic mass is 19.4. The van der Waals surface area contributed by atoms with Gasteiger partial charge in [-0.1, -0.05) is 58.8 Å². The number of hydrogen-bond donors (Lipinski definition) is 0. The van der Waals surface area contributed by atoms with Gasteiger partial charge in [-0.05, 0) is 19.3 Å². The van der Waals surface area contributed by atoms with Crippen LogP contribution in [0.25, 0.3) is 0 Å². The molecule has 0 rings (SSSR count). The highest BCUT2D eigenvalue weighted by Gasteiger charge is 2.34. The fourth-order valence-corrected chi connectivity index (χ4v) is 2.60. The minimum atomic E-state index is -4.08. The van der Waals surface area contributed by atoms with Gasteiger partial charge in [0.25, 0.3) is 0 Å². The molecule has 0 radical (unpaired) electrons. The maximum Gasteiger partial charge on any atom is 0.389 e. The van der Waals surface area contributed by atoms with Crippen molar-refractivity contribution in [3.05, 3.63) is 0 Å². The number of alkyl halides is 3. The van der Waals surface area contributed by atoms with Crippen molar-refractivity contribution in [3.8, 4) is 0 Å². The summed E-state index contributed by atoms with van der Waals surface area (Å²) >= 11 is 0. The Morgan fingerprint density at radius 3 is 1.75 bits per heavy atom. The van der Waals surface area contributed by atoms with Crippen LogP contribution in [-0.4, -0.2) is 18.9 Å². The molecule has 0 aliphatic heterocycles. The largest absolute Gasteiger partial charge is 0.389 e. The molecular weight excluding hydrogens is 265 g/mol. The summed E-state index contributed by atoms with van der Waals surface area (Å²) in [5.41, 5.74) is -0.584. The SMILES string of the molecule is CCCCCCCCCC(CC)(CCC(F)(F)F)OC. The lowest BCUT2D eigenvalue weighted by Gasteiger charge is -2.32. The van der Waals surface area contributed by atoms with Crippen LogP contribution in [0.15, 0.2) is 0 Å². The van der Waals surface area contributed by atoms with E-state index in [1.807, 2.05) is 6.92 Å². The van der Waals surface area contributed by atoms with Crippen molar-refractivity contribution in [2.24, 2.45) is 0 Å². The third kappa shape index (κ3) is 9.62. The van der Waals surface area contributed by atoms with E-state index in [9.17, 15) is 13.2 Å². The molecule has 20 heavy (non-hydrogen) atoms. The van der Waals surface area contributed by atoms with Crippen LogP contribution in [0.1, 0.15) is 84.5 Å². The lowest BCUT2D eigenvalue weighted by atomic mass is 9.88.